The molecule has 1 fully saturated rings. The van der Waals surface area contributed by atoms with Gasteiger partial charge in [0.05, 0.1) is 0 Å². The number of hydrogen-bond acceptors (Lipinski definition) is 3. The highest BCUT2D eigenvalue weighted by Crippen LogP contribution is 2.21. The average Bonchev–Trinajstić information content (AvgIpc) is 3.03. The van der Waals surface area contributed by atoms with Crippen LogP contribution < -0.4 is 15.4 Å². The molecule has 1 aliphatic rings. The Morgan fingerprint density at radius 1 is 1.12 bits per heavy atom. The lowest BCUT2D eigenvalue weighted by Crippen LogP contribution is -2.41. The molecule has 2 N–H and O–H groups in total. The fourth-order valence-electron chi connectivity index (χ4n) is 2.44. The summed E-state index contributed by atoms with van der Waals surface area (Å²) in [7, 11) is 0. The van der Waals surface area contributed by atoms with Gasteiger partial charge in [0, 0.05) is 13.0 Å². The lowest BCUT2D eigenvalue weighted by atomic mass is 10.2. The van der Waals surface area contributed by atoms with Crippen LogP contribution in [0.1, 0.15) is 18.4 Å². The third kappa shape index (κ3) is 4.10. The van der Waals surface area contributed by atoms with Crippen molar-refractivity contribution in [3.63, 3.8) is 0 Å². The monoisotopic (exact) mass is 328 g/mol. The van der Waals surface area contributed by atoms with Crippen LogP contribution in [0.3, 0.4) is 0 Å². The van der Waals surface area contributed by atoms with E-state index in [2.05, 4.69) is 10.6 Å². The molecule has 2 aromatic carbocycles. The summed E-state index contributed by atoms with van der Waals surface area (Å²) >= 11 is 0. The third-order valence-corrected chi connectivity index (χ3v) is 3.75. The van der Waals surface area contributed by atoms with Gasteiger partial charge in [0.25, 0.3) is 0 Å². The standard InChI is InChI=1S/C18H17FN2O3/c19-13-3-7-15(8-4-13)24-14-5-1-12(2-6-14)11-20-18(23)16-9-10-17(22)21-16/h1-8,16H,9-11H2,(H,20,23)(H,21,22). The predicted octanol–water partition coefficient (Wildman–Crippen LogP) is 2.51. The van der Waals surface area contributed by atoms with Crippen molar-refractivity contribution in [1.29, 1.82) is 0 Å². The fraction of sp³-hybridized carbons (Fsp3) is 0.222. The van der Waals surface area contributed by atoms with E-state index in [1.165, 1.54) is 12.1 Å². The summed E-state index contributed by atoms with van der Waals surface area (Å²) in [6, 6.07) is 12.6. The molecule has 1 atom stereocenters. The highest BCUT2D eigenvalue weighted by molar-refractivity contribution is 5.90. The summed E-state index contributed by atoms with van der Waals surface area (Å²) in [4.78, 5) is 23.0. The first-order valence-corrected chi connectivity index (χ1v) is 7.69. The molecule has 2 amide bonds. The molecule has 6 heteroatoms. The van der Waals surface area contributed by atoms with Gasteiger partial charge in [-0.1, -0.05) is 12.1 Å². The number of carbonyl (C=O) groups excluding carboxylic acids is 2. The maximum Gasteiger partial charge on any atom is 0.242 e. The predicted molar refractivity (Wildman–Crippen MR) is 85.9 cm³/mol. The van der Waals surface area contributed by atoms with Gasteiger partial charge >= 0.3 is 0 Å². The Hall–Kier alpha value is -2.89. The van der Waals surface area contributed by atoms with Crippen LogP contribution in [0.25, 0.3) is 0 Å². The number of rotatable bonds is 5. The number of nitrogens with one attached hydrogen (secondary N) is 2. The molecule has 3 rings (SSSR count). The summed E-state index contributed by atoms with van der Waals surface area (Å²) in [5.41, 5.74) is 0.916. The lowest BCUT2D eigenvalue weighted by molar-refractivity contribution is -0.125. The minimum Gasteiger partial charge on any atom is -0.457 e. The van der Waals surface area contributed by atoms with Gasteiger partial charge in [-0.05, 0) is 48.4 Å². The zero-order valence-corrected chi connectivity index (χ0v) is 12.9. The van der Waals surface area contributed by atoms with Gasteiger partial charge in [-0.25, -0.2) is 4.39 Å². The van der Waals surface area contributed by atoms with Gasteiger partial charge in [-0.2, -0.15) is 0 Å². The molecule has 0 spiro atoms. The van der Waals surface area contributed by atoms with E-state index in [0.29, 0.717) is 30.9 Å². The van der Waals surface area contributed by atoms with Crippen LogP contribution in [0.4, 0.5) is 4.39 Å². The molecule has 1 unspecified atom stereocenters. The van der Waals surface area contributed by atoms with E-state index >= 15 is 0 Å². The molecule has 1 aliphatic heterocycles. The normalized spacial score (nSPS) is 16.5. The van der Waals surface area contributed by atoms with Crippen molar-refractivity contribution in [3.8, 4) is 11.5 Å². The second-order valence-corrected chi connectivity index (χ2v) is 5.58. The Morgan fingerprint density at radius 3 is 2.33 bits per heavy atom. The van der Waals surface area contributed by atoms with E-state index < -0.39 is 6.04 Å². The van der Waals surface area contributed by atoms with Gasteiger partial charge in [0.15, 0.2) is 0 Å². The molecule has 0 radical (unpaired) electrons. The van der Waals surface area contributed by atoms with Crippen molar-refractivity contribution in [2.45, 2.75) is 25.4 Å². The highest BCUT2D eigenvalue weighted by Gasteiger charge is 2.26. The second kappa shape index (κ2) is 7.12. The summed E-state index contributed by atoms with van der Waals surface area (Å²) in [6.07, 6.45) is 0.933. The number of halogens is 1. The Morgan fingerprint density at radius 2 is 1.75 bits per heavy atom. The van der Waals surface area contributed by atoms with Gasteiger partial charge in [0.2, 0.25) is 11.8 Å². The fourth-order valence-corrected chi connectivity index (χ4v) is 2.44. The van der Waals surface area contributed by atoms with Crippen LogP contribution in [-0.4, -0.2) is 17.9 Å². The van der Waals surface area contributed by atoms with E-state index in [9.17, 15) is 14.0 Å². The van der Waals surface area contributed by atoms with Crippen LogP contribution >= 0.6 is 0 Å². The molecule has 0 aromatic heterocycles. The van der Waals surface area contributed by atoms with Crippen LogP contribution in [0, 0.1) is 5.82 Å². The van der Waals surface area contributed by atoms with Gasteiger partial charge in [-0.15, -0.1) is 0 Å². The Labute approximate surface area is 138 Å². The molecule has 0 aliphatic carbocycles. The van der Waals surface area contributed by atoms with E-state index in [4.69, 9.17) is 4.74 Å². The second-order valence-electron chi connectivity index (χ2n) is 5.58. The maximum atomic E-state index is 12.8. The highest BCUT2D eigenvalue weighted by atomic mass is 19.1. The van der Waals surface area contributed by atoms with Gasteiger partial charge in [-0.3, -0.25) is 9.59 Å². The molecule has 1 heterocycles. The van der Waals surface area contributed by atoms with Crippen LogP contribution in [0.5, 0.6) is 11.5 Å². The molecule has 124 valence electrons. The van der Waals surface area contributed by atoms with Gasteiger partial charge in [0.1, 0.15) is 23.4 Å². The minimum atomic E-state index is -0.432. The summed E-state index contributed by atoms with van der Waals surface area (Å²) < 4.78 is 18.5. The first kappa shape index (κ1) is 16.0. The van der Waals surface area contributed by atoms with Crippen molar-refractivity contribution in [2.75, 3.05) is 0 Å². The zero-order chi connectivity index (χ0) is 16.9. The van der Waals surface area contributed by atoms with Crippen molar-refractivity contribution in [3.05, 3.63) is 59.9 Å². The first-order valence-electron chi connectivity index (χ1n) is 7.69. The third-order valence-electron chi connectivity index (χ3n) is 3.75. The van der Waals surface area contributed by atoms with E-state index in [1.54, 1.807) is 24.3 Å². The van der Waals surface area contributed by atoms with Crippen LogP contribution in [0.15, 0.2) is 48.5 Å². The molecule has 0 bridgehead atoms. The Bertz CT molecular complexity index is 729. The molecule has 24 heavy (non-hydrogen) atoms. The van der Waals surface area contributed by atoms with Crippen molar-refractivity contribution in [2.24, 2.45) is 0 Å². The maximum absolute atomic E-state index is 12.8. The van der Waals surface area contributed by atoms with E-state index in [-0.39, 0.29) is 17.6 Å². The smallest absolute Gasteiger partial charge is 0.242 e. The largest absolute Gasteiger partial charge is 0.457 e. The number of carbonyl (C=O) groups is 2. The van der Waals surface area contributed by atoms with Gasteiger partial charge < -0.3 is 15.4 Å². The molecule has 2 aromatic rings. The number of hydrogen-bond donors (Lipinski definition) is 2. The SMILES string of the molecule is O=C1CCC(C(=O)NCc2ccc(Oc3ccc(F)cc3)cc2)N1. The molecule has 1 saturated heterocycles. The molecule has 5 nitrogen and oxygen atoms in total. The number of ether oxygens (including phenoxy) is 1. The first-order chi connectivity index (χ1) is 11.6. The molecule has 0 saturated carbocycles. The topological polar surface area (TPSA) is 67.4 Å². The van der Waals surface area contributed by atoms with E-state index in [0.717, 1.165) is 5.56 Å². The number of benzene rings is 2. The van der Waals surface area contributed by atoms with Crippen molar-refractivity contribution in [1.82, 2.24) is 10.6 Å². The average molecular weight is 328 g/mol. The molecular formula is C18H17FN2O3. The zero-order valence-electron chi connectivity index (χ0n) is 12.9. The Kier molecular flexibility index (Phi) is 4.74. The van der Waals surface area contributed by atoms with Crippen molar-refractivity contribution < 1.29 is 18.7 Å². The quantitative estimate of drug-likeness (QED) is 0.886. The minimum absolute atomic E-state index is 0.0857. The number of amides is 2. The summed E-state index contributed by atoms with van der Waals surface area (Å²) in [5, 5.41) is 5.43. The van der Waals surface area contributed by atoms with E-state index in [1.807, 2.05) is 12.1 Å². The van der Waals surface area contributed by atoms with Crippen LogP contribution in [0.2, 0.25) is 0 Å². The molecular weight excluding hydrogens is 311 g/mol. The van der Waals surface area contributed by atoms with Crippen LogP contribution in [-0.2, 0) is 16.1 Å². The summed E-state index contributed by atoms with van der Waals surface area (Å²) in [6.45, 7) is 0.377. The summed E-state index contributed by atoms with van der Waals surface area (Å²) in [5.74, 6) is 0.603. The van der Waals surface area contributed by atoms with Crippen molar-refractivity contribution >= 4 is 11.8 Å². The lowest BCUT2D eigenvalue weighted by Gasteiger charge is -2.11. The Balaban J connectivity index is 1.52.